The van der Waals surface area contributed by atoms with Crippen LogP contribution in [0.15, 0.2) is 0 Å². The molecule has 1 aliphatic heterocycles. The van der Waals surface area contributed by atoms with Crippen LogP contribution in [0.1, 0.15) is 46.0 Å². The molecule has 1 N–H and O–H groups in total. The Morgan fingerprint density at radius 3 is 2.23 bits per heavy atom. The van der Waals surface area contributed by atoms with Crippen LogP contribution in [-0.4, -0.2) is 24.1 Å². The van der Waals surface area contributed by atoms with E-state index in [4.69, 9.17) is 0 Å². The van der Waals surface area contributed by atoms with Crippen LogP contribution in [-0.2, 0) is 0 Å². The zero-order valence-corrected chi connectivity index (χ0v) is 8.97. The van der Waals surface area contributed by atoms with E-state index in [0.717, 1.165) is 5.41 Å². The second kappa shape index (κ2) is 3.58. The van der Waals surface area contributed by atoms with E-state index in [1.807, 2.05) is 0 Å². The van der Waals surface area contributed by atoms with Crippen molar-refractivity contribution in [3.63, 3.8) is 0 Å². The van der Waals surface area contributed by atoms with Gasteiger partial charge in [0.1, 0.15) is 0 Å². The number of hydrazine groups is 1. The third kappa shape index (κ3) is 2.05. The Bertz CT molecular complexity index is 163. The van der Waals surface area contributed by atoms with E-state index < -0.39 is 0 Å². The Balaban J connectivity index is 1.75. The topological polar surface area (TPSA) is 15.3 Å². The molecule has 2 aliphatic rings. The number of hydrogen-bond donors (Lipinski definition) is 1. The molecule has 0 bridgehead atoms. The summed E-state index contributed by atoms with van der Waals surface area (Å²) in [4.78, 5) is 0. The highest BCUT2D eigenvalue weighted by Crippen LogP contribution is 2.42. The van der Waals surface area contributed by atoms with E-state index in [2.05, 4.69) is 24.3 Å². The highest BCUT2D eigenvalue weighted by molar-refractivity contribution is 4.95. The fourth-order valence-corrected chi connectivity index (χ4v) is 2.84. The summed E-state index contributed by atoms with van der Waals surface area (Å²) in [5.74, 6) is 0. The molecule has 2 heteroatoms. The Hall–Kier alpha value is -0.0800. The second-order valence-corrected chi connectivity index (χ2v) is 5.20. The lowest BCUT2D eigenvalue weighted by molar-refractivity contribution is -0.0676. The van der Waals surface area contributed by atoms with E-state index in [0.29, 0.717) is 6.04 Å². The van der Waals surface area contributed by atoms with Gasteiger partial charge in [0.2, 0.25) is 0 Å². The summed E-state index contributed by atoms with van der Waals surface area (Å²) < 4.78 is 0. The first kappa shape index (κ1) is 9.47. The first-order chi connectivity index (χ1) is 6.20. The van der Waals surface area contributed by atoms with Crippen molar-refractivity contribution in [2.45, 2.75) is 52.0 Å². The molecule has 1 spiro atoms. The van der Waals surface area contributed by atoms with Crippen molar-refractivity contribution in [3.8, 4) is 0 Å². The number of nitrogens with zero attached hydrogens (tertiary/aromatic N) is 1. The average molecular weight is 182 g/mol. The van der Waals surface area contributed by atoms with Gasteiger partial charge in [0, 0.05) is 19.1 Å². The van der Waals surface area contributed by atoms with Crippen molar-refractivity contribution in [2.24, 2.45) is 5.41 Å². The maximum Gasteiger partial charge on any atom is 0.0200 e. The van der Waals surface area contributed by atoms with Gasteiger partial charge in [-0.25, -0.2) is 5.01 Å². The molecule has 0 aromatic heterocycles. The molecular weight excluding hydrogens is 160 g/mol. The van der Waals surface area contributed by atoms with E-state index in [1.54, 1.807) is 0 Å². The molecule has 2 nitrogen and oxygen atoms in total. The predicted octanol–water partition coefficient (Wildman–Crippen LogP) is 2.17. The van der Waals surface area contributed by atoms with Gasteiger partial charge in [-0.1, -0.05) is 19.3 Å². The first-order valence-electron chi connectivity index (χ1n) is 5.71. The predicted molar refractivity (Wildman–Crippen MR) is 55.4 cm³/mol. The molecule has 1 heterocycles. The van der Waals surface area contributed by atoms with Crippen LogP contribution in [0.25, 0.3) is 0 Å². The molecule has 0 aromatic carbocycles. The molecular formula is C11H22N2. The van der Waals surface area contributed by atoms with Crippen LogP contribution < -0.4 is 5.43 Å². The van der Waals surface area contributed by atoms with Crippen molar-refractivity contribution < 1.29 is 0 Å². The fraction of sp³-hybridized carbons (Fsp3) is 1.00. The minimum Gasteiger partial charge on any atom is -0.253 e. The quantitative estimate of drug-likeness (QED) is 0.704. The van der Waals surface area contributed by atoms with Gasteiger partial charge < -0.3 is 0 Å². The van der Waals surface area contributed by atoms with Gasteiger partial charge in [-0.05, 0) is 32.1 Å². The molecule has 0 radical (unpaired) electrons. The molecule has 2 fully saturated rings. The highest BCUT2D eigenvalue weighted by atomic mass is 15.5. The lowest BCUT2D eigenvalue weighted by atomic mass is 9.69. The molecule has 13 heavy (non-hydrogen) atoms. The van der Waals surface area contributed by atoms with Crippen LogP contribution in [0.4, 0.5) is 0 Å². The molecule has 1 aliphatic carbocycles. The van der Waals surface area contributed by atoms with E-state index in [-0.39, 0.29) is 0 Å². The van der Waals surface area contributed by atoms with Crippen molar-refractivity contribution in [1.29, 1.82) is 0 Å². The molecule has 0 aromatic rings. The van der Waals surface area contributed by atoms with Gasteiger partial charge in [-0.3, -0.25) is 5.43 Å². The summed E-state index contributed by atoms with van der Waals surface area (Å²) in [6.07, 6.45) is 7.36. The monoisotopic (exact) mass is 182 g/mol. The SMILES string of the molecule is CC(C)NN1CC2(CCCCC2)C1. The number of rotatable bonds is 2. The lowest BCUT2D eigenvalue weighted by Crippen LogP contribution is -2.63. The summed E-state index contributed by atoms with van der Waals surface area (Å²) in [5, 5.41) is 2.40. The molecule has 0 atom stereocenters. The Kier molecular flexibility index (Phi) is 2.61. The fourth-order valence-electron chi connectivity index (χ4n) is 2.84. The zero-order chi connectivity index (χ0) is 9.31. The van der Waals surface area contributed by atoms with Gasteiger partial charge in [0.15, 0.2) is 0 Å². The molecule has 0 unspecified atom stereocenters. The van der Waals surface area contributed by atoms with Crippen LogP contribution >= 0.6 is 0 Å². The third-order valence-electron chi connectivity index (χ3n) is 3.41. The normalized spacial score (nSPS) is 27.9. The molecule has 76 valence electrons. The van der Waals surface area contributed by atoms with Crippen LogP contribution in [0.3, 0.4) is 0 Å². The number of hydrogen-bond acceptors (Lipinski definition) is 2. The van der Waals surface area contributed by atoms with Gasteiger partial charge in [-0.2, -0.15) is 0 Å². The largest absolute Gasteiger partial charge is 0.253 e. The summed E-state index contributed by atoms with van der Waals surface area (Å²) in [6, 6.07) is 0.598. The van der Waals surface area contributed by atoms with Gasteiger partial charge >= 0.3 is 0 Å². The van der Waals surface area contributed by atoms with Gasteiger partial charge in [-0.15, -0.1) is 0 Å². The van der Waals surface area contributed by atoms with E-state index in [1.165, 1.54) is 45.2 Å². The summed E-state index contributed by atoms with van der Waals surface area (Å²) in [5.41, 5.74) is 4.21. The molecule has 1 saturated heterocycles. The standard InChI is InChI=1S/C11H22N2/c1-10(2)12-13-8-11(9-13)6-4-3-5-7-11/h10,12H,3-9H2,1-2H3. The maximum atomic E-state index is 3.48. The third-order valence-corrected chi connectivity index (χ3v) is 3.41. The maximum absolute atomic E-state index is 3.48. The van der Waals surface area contributed by atoms with Crippen LogP contribution in [0, 0.1) is 5.41 Å². The summed E-state index contributed by atoms with van der Waals surface area (Å²) >= 11 is 0. The number of nitrogens with one attached hydrogen (secondary N) is 1. The minimum atomic E-state index is 0.598. The summed E-state index contributed by atoms with van der Waals surface area (Å²) in [6.45, 7) is 7.02. The van der Waals surface area contributed by atoms with Crippen molar-refractivity contribution >= 4 is 0 Å². The molecule has 1 saturated carbocycles. The zero-order valence-electron chi connectivity index (χ0n) is 8.97. The van der Waals surface area contributed by atoms with Crippen molar-refractivity contribution in [1.82, 2.24) is 10.4 Å². The smallest absolute Gasteiger partial charge is 0.0200 e. The molecule has 0 amide bonds. The molecule has 2 rings (SSSR count). The van der Waals surface area contributed by atoms with Crippen molar-refractivity contribution in [3.05, 3.63) is 0 Å². The van der Waals surface area contributed by atoms with Crippen LogP contribution in [0.2, 0.25) is 0 Å². The average Bonchev–Trinajstić information content (AvgIpc) is 2.02. The minimum absolute atomic E-state index is 0.598. The Morgan fingerprint density at radius 2 is 1.69 bits per heavy atom. The van der Waals surface area contributed by atoms with Crippen molar-refractivity contribution in [2.75, 3.05) is 13.1 Å². The van der Waals surface area contributed by atoms with E-state index in [9.17, 15) is 0 Å². The van der Waals surface area contributed by atoms with Gasteiger partial charge in [0.05, 0.1) is 0 Å². The Morgan fingerprint density at radius 1 is 1.08 bits per heavy atom. The second-order valence-electron chi connectivity index (χ2n) is 5.20. The Labute approximate surface area is 81.7 Å². The van der Waals surface area contributed by atoms with E-state index >= 15 is 0 Å². The highest BCUT2D eigenvalue weighted by Gasteiger charge is 2.43. The summed E-state index contributed by atoms with van der Waals surface area (Å²) in [7, 11) is 0. The first-order valence-corrected chi connectivity index (χ1v) is 5.71. The van der Waals surface area contributed by atoms with Gasteiger partial charge in [0.25, 0.3) is 0 Å². The lowest BCUT2D eigenvalue weighted by Gasteiger charge is -2.53. The van der Waals surface area contributed by atoms with Crippen LogP contribution in [0.5, 0.6) is 0 Å².